The fourth-order valence-electron chi connectivity index (χ4n) is 0.874. The quantitative estimate of drug-likeness (QED) is 0.759. The van der Waals surface area contributed by atoms with Crippen molar-refractivity contribution < 1.29 is 4.79 Å². The summed E-state index contributed by atoms with van der Waals surface area (Å²) in [4.78, 5) is 15.3. The first kappa shape index (κ1) is 11.1. The number of nitrogens with one attached hydrogen (secondary N) is 2. The Morgan fingerprint density at radius 1 is 1.64 bits per heavy atom. The van der Waals surface area contributed by atoms with E-state index in [1.165, 1.54) is 0 Å². The van der Waals surface area contributed by atoms with Crippen molar-refractivity contribution in [3.63, 3.8) is 0 Å². The Bertz CT molecular complexity index is 272. The normalized spacial score (nSPS) is 10.5. The third kappa shape index (κ3) is 4.34. The molecule has 2 N–H and O–H groups in total. The molecule has 0 saturated heterocycles. The van der Waals surface area contributed by atoms with Crippen LogP contribution in [0.4, 0.5) is 0 Å². The highest BCUT2D eigenvalue weighted by atomic mass is 32.1. The average Bonchev–Trinajstić information content (AvgIpc) is 2.63. The lowest BCUT2D eigenvalue weighted by Gasteiger charge is -2.07. The smallest absolute Gasteiger partial charge is 0.234 e. The van der Waals surface area contributed by atoms with Gasteiger partial charge in [-0.1, -0.05) is 13.8 Å². The minimum atomic E-state index is 0.00824. The average molecular weight is 213 g/mol. The summed E-state index contributed by atoms with van der Waals surface area (Å²) in [5.74, 6) is 0.00824. The first-order valence-electron chi connectivity index (χ1n) is 4.57. The van der Waals surface area contributed by atoms with Crippen LogP contribution in [0.5, 0.6) is 0 Å². The summed E-state index contributed by atoms with van der Waals surface area (Å²) in [5.41, 5.74) is 0. The van der Waals surface area contributed by atoms with Gasteiger partial charge in [0.15, 0.2) is 0 Å². The molecule has 0 bridgehead atoms. The number of aromatic nitrogens is 1. The number of carbonyl (C=O) groups is 1. The van der Waals surface area contributed by atoms with E-state index in [1.54, 1.807) is 17.5 Å². The van der Waals surface area contributed by atoms with E-state index in [2.05, 4.69) is 15.6 Å². The van der Waals surface area contributed by atoms with Gasteiger partial charge < -0.3 is 10.6 Å². The van der Waals surface area contributed by atoms with Crippen molar-refractivity contribution >= 4 is 17.2 Å². The summed E-state index contributed by atoms with van der Waals surface area (Å²) in [7, 11) is 0. The van der Waals surface area contributed by atoms with Crippen LogP contribution in [0.15, 0.2) is 11.6 Å². The van der Waals surface area contributed by atoms with Gasteiger partial charge >= 0.3 is 0 Å². The lowest BCUT2D eigenvalue weighted by Crippen LogP contribution is -2.36. The zero-order valence-corrected chi connectivity index (χ0v) is 9.23. The Balaban J connectivity index is 2.15. The Morgan fingerprint density at radius 2 is 2.43 bits per heavy atom. The largest absolute Gasteiger partial charge is 0.348 e. The van der Waals surface area contributed by atoms with Crippen LogP contribution in [0.1, 0.15) is 18.9 Å². The monoisotopic (exact) mass is 213 g/mol. The van der Waals surface area contributed by atoms with E-state index in [1.807, 2.05) is 19.2 Å². The number of rotatable bonds is 5. The van der Waals surface area contributed by atoms with Crippen LogP contribution in [-0.4, -0.2) is 23.5 Å². The predicted molar refractivity (Wildman–Crippen MR) is 57.1 cm³/mol. The molecule has 0 unspecified atom stereocenters. The molecule has 5 heteroatoms. The molecule has 1 heterocycles. The fourth-order valence-corrected chi connectivity index (χ4v) is 1.43. The number of nitrogens with zero attached hydrogens (tertiary/aromatic N) is 1. The van der Waals surface area contributed by atoms with Crippen molar-refractivity contribution in [3.8, 4) is 0 Å². The number of carbonyl (C=O) groups excluding carboxylic acids is 1. The van der Waals surface area contributed by atoms with Crippen LogP contribution in [-0.2, 0) is 11.3 Å². The van der Waals surface area contributed by atoms with Crippen molar-refractivity contribution in [2.75, 3.05) is 6.54 Å². The summed E-state index contributed by atoms with van der Waals surface area (Å²) >= 11 is 1.54. The highest BCUT2D eigenvalue weighted by Gasteiger charge is 2.02. The maximum atomic E-state index is 11.2. The van der Waals surface area contributed by atoms with Crippen molar-refractivity contribution in [2.45, 2.75) is 26.4 Å². The zero-order valence-electron chi connectivity index (χ0n) is 8.41. The van der Waals surface area contributed by atoms with E-state index in [-0.39, 0.29) is 5.91 Å². The Kier molecular flexibility index (Phi) is 4.55. The maximum absolute atomic E-state index is 11.2. The second-order valence-corrected chi connectivity index (χ2v) is 4.22. The van der Waals surface area contributed by atoms with Gasteiger partial charge in [-0.3, -0.25) is 4.79 Å². The van der Waals surface area contributed by atoms with Gasteiger partial charge in [-0.05, 0) is 0 Å². The van der Waals surface area contributed by atoms with Crippen LogP contribution in [0.25, 0.3) is 0 Å². The molecule has 0 atom stereocenters. The van der Waals surface area contributed by atoms with Crippen LogP contribution in [0, 0.1) is 0 Å². The number of hydrogen-bond acceptors (Lipinski definition) is 4. The number of amides is 1. The number of hydrogen-bond donors (Lipinski definition) is 2. The molecule has 0 aliphatic heterocycles. The van der Waals surface area contributed by atoms with Crippen LogP contribution < -0.4 is 10.6 Å². The first-order chi connectivity index (χ1) is 6.68. The van der Waals surface area contributed by atoms with E-state index < -0.39 is 0 Å². The van der Waals surface area contributed by atoms with E-state index in [0.717, 1.165) is 5.01 Å². The lowest BCUT2D eigenvalue weighted by atomic mass is 10.4. The molecule has 14 heavy (non-hydrogen) atoms. The van der Waals surface area contributed by atoms with E-state index in [9.17, 15) is 4.79 Å². The summed E-state index contributed by atoms with van der Waals surface area (Å²) in [6, 6.07) is 0.334. The molecule has 0 aliphatic rings. The molecular weight excluding hydrogens is 198 g/mol. The third-order valence-electron chi connectivity index (χ3n) is 1.59. The molecule has 0 aromatic carbocycles. The van der Waals surface area contributed by atoms with Crippen LogP contribution in [0.2, 0.25) is 0 Å². The molecule has 4 nitrogen and oxygen atoms in total. The van der Waals surface area contributed by atoms with Gasteiger partial charge in [0.25, 0.3) is 0 Å². The highest BCUT2D eigenvalue weighted by Crippen LogP contribution is 2.02. The molecule has 0 fully saturated rings. The molecule has 0 radical (unpaired) electrons. The van der Waals surface area contributed by atoms with Crippen LogP contribution >= 0.6 is 11.3 Å². The first-order valence-corrected chi connectivity index (χ1v) is 5.45. The minimum Gasteiger partial charge on any atom is -0.348 e. The fraction of sp³-hybridized carbons (Fsp3) is 0.556. The SMILES string of the molecule is CC(C)NCC(=O)NCc1nccs1. The van der Waals surface area contributed by atoms with E-state index >= 15 is 0 Å². The molecular formula is C9H15N3OS. The topological polar surface area (TPSA) is 54.0 Å². The number of thiazole rings is 1. The summed E-state index contributed by atoms with van der Waals surface area (Å²) < 4.78 is 0. The highest BCUT2D eigenvalue weighted by molar-refractivity contribution is 7.09. The maximum Gasteiger partial charge on any atom is 0.234 e. The van der Waals surface area contributed by atoms with E-state index in [4.69, 9.17) is 0 Å². The van der Waals surface area contributed by atoms with Gasteiger partial charge in [0.1, 0.15) is 5.01 Å². The van der Waals surface area contributed by atoms with Gasteiger partial charge in [0.05, 0.1) is 13.1 Å². The van der Waals surface area contributed by atoms with Crippen molar-refractivity contribution in [1.82, 2.24) is 15.6 Å². The van der Waals surface area contributed by atoms with Gasteiger partial charge in [-0.15, -0.1) is 11.3 Å². The standard InChI is InChI=1S/C9H15N3OS/c1-7(2)11-5-8(13)12-6-9-10-3-4-14-9/h3-4,7,11H,5-6H2,1-2H3,(H,12,13). The third-order valence-corrected chi connectivity index (χ3v) is 2.37. The van der Waals surface area contributed by atoms with Crippen molar-refractivity contribution in [2.24, 2.45) is 0 Å². The van der Waals surface area contributed by atoms with Crippen LogP contribution in [0.3, 0.4) is 0 Å². The molecule has 0 aliphatic carbocycles. The molecule has 1 aromatic heterocycles. The minimum absolute atomic E-state index is 0.00824. The molecule has 1 amide bonds. The summed E-state index contributed by atoms with van der Waals surface area (Å²) in [6.07, 6.45) is 1.73. The predicted octanol–water partition coefficient (Wildman–Crippen LogP) is 0.757. The van der Waals surface area contributed by atoms with E-state index in [0.29, 0.717) is 19.1 Å². The lowest BCUT2D eigenvalue weighted by molar-refractivity contribution is -0.120. The summed E-state index contributed by atoms with van der Waals surface area (Å²) in [6.45, 7) is 4.90. The van der Waals surface area contributed by atoms with Gasteiger partial charge in [0.2, 0.25) is 5.91 Å². The second kappa shape index (κ2) is 5.72. The van der Waals surface area contributed by atoms with Gasteiger partial charge in [-0.2, -0.15) is 0 Å². The molecule has 0 saturated carbocycles. The summed E-state index contributed by atoms with van der Waals surface area (Å²) in [5, 5.41) is 8.66. The molecule has 78 valence electrons. The zero-order chi connectivity index (χ0) is 10.4. The Labute approximate surface area is 87.7 Å². The van der Waals surface area contributed by atoms with Crippen molar-refractivity contribution in [1.29, 1.82) is 0 Å². The van der Waals surface area contributed by atoms with Gasteiger partial charge in [0, 0.05) is 17.6 Å². The van der Waals surface area contributed by atoms with Crippen molar-refractivity contribution in [3.05, 3.63) is 16.6 Å². The Hall–Kier alpha value is -0.940. The molecule has 1 aromatic rings. The van der Waals surface area contributed by atoms with Gasteiger partial charge in [-0.25, -0.2) is 4.98 Å². The second-order valence-electron chi connectivity index (χ2n) is 3.24. The molecule has 0 spiro atoms. The molecule has 1 rings (SSSR count). The Morgan fingerprint density at radius 3 is 3.00 bits per heavy atom.